The highest BCUT2D eigenvalue weighted by Crippen LogP contribution is 2.18. The Bertz CT molecular complexity index is 637. The van der Waals surface area contributed by atoms with E-state index in [0.29, 0.717) is 23.6 Å². The molecule has 0 amide bonds. The molecule has 1 saturated heterocycles. The summed E-state index contributed by atoms with van der Waals surface area (Å²) < 4.78 is 1.68. The lowest BCUT2D eigenvalue weighted by Gasteiger charge is -2.19. The molecule has 5 nitrogen and oxygen atoms in total. The van der Waals surface area contributed by atoms with E-state index in [1.807, 2.05) is 6.07 Å². The zero-order chi connectivity index (χ0) is 13.2. The lowest BCUT2D eigenvalue weighted by atomic mass is 10.1. The minimum atomic E-state index is -0.0359. The first-order chi connectivity index (χ1) is 9.25. The second-order valence-electron chi connectivity index (χ2n) is 5.18. The van der Waals surface area contributed by atoms with Crippen molar-refractivity contribution in [2.24, 2.45) is 0 Å². The van der Waals surface area contributed by atoms with E-state index in [1.54, 1.807) is 23.2 Å². The normalized spacial score (nSPS) is 20.2. The van der Waals surface area contributed by atoms with Gasteiger partial charge >= 0.3 is 0 Å². The number of hydrogen-bond acceptors (Lipinski definition) is 4. The van der Waals surface area contributed by atoms with Crippen LogP contribution < -0.4 is 5.56 Å². The standard InChI is InChI=1S/C14H18N4O/c1-17-8-3-4-11(17)6-9-18-10-16-12-5-2-7-15-13(12)14(18)19/h2,5,7,10-11H,3-4,6,8-9H2,1H3/t11-/m0/s1. The Hall–Kier alpha value is -1.75. The van der Waals surface area contributed by atoms with Crippen molar-refractivity contribution in [3.63, 3.8) is 0 Å². The van der Waals surface area contributed by atoms with Crippen molar-refractivity contribution in [3.8, 4) is 0 Å². The Morgan fingerprint density at radius 3 is 3.11 bits per heavy atom. The van der Waals surface area contributed by atoms with Gasteiger partial charge in [0.25, 0.3) is 5.56 Å². The van der Waals surface area contributed by atoms with Gasteiger partial charge in [0.05, 0.1) is 11.8 Å². The van der Waals surface area contributed by atoms with E-state index in [4.69, 9.17) is 0 Å². The van der Waals surface area contributed by atoms with Gasteiger partial charge in [-0.3, -0.25) is 9.36 Å². The van der Waals surface area contributed by atoms with Gasteiger partial charge in [-0.1, -0.05) is 0 Å². The van der Waals surface area contributed by atoms with Crippen LogP contribution in [0.3, 0.4) is 0 Å². The molecule has 0 saturated carbocycles. The topological polar surface area (TPSA) is 51.0 Å². The monoisotopic (exact) mass is 258 g/mol. The maximum atomic E-state index is 12.3. The predicted molar refractivity (Wildman–Crippen MR) is 74.1 cm³/mol. The van der Waals surface area contributed by atoms with Gasteiger partial charge in [-0.05, 0) is 45.0 Å². The van der Waals surface area contributed by atoms with Gasteiger partial charge in [0, 0.05) is 18.8 Å². The van der Waals surface area contributed by atoms with Crippen LogP contribution in [0.15, 0.2) is 29.5 Å². The molecule has 3 heterocycles. The van der Waals surface area contributed by atoms with Crippen LogP contribution in [-0.2, 0) is 6.54 Å². The molecule has 0 N–H and O–H groups in total. The van der Waals surface area contributed by atoms with E-state index in [-0.39, 0.29) is 5.56 Å². The molecule has 0 aliphatic carbocycles. The van der Waals surface area contributed by atoms with Crippen LogP contribution in [0.25, 0.3) is 11.0 Å². The number of aromatic nitrogens is 3. The molecule has 2 aromatic heterocycles. The first-order valence-corrected chi connectivity index (χ1v) is 6.76. The summed E-state index contributed by atoms with van der Waals surface area (Å²) in [4.78, 5) is 23.1. The number of pyridine rings is 1. The summed E-state index contributed by atoms with van der Waals surface area (Å²) in [7, 11) is 2.15. The Kier molecular flexibility index (Phi) is 3.29. The summed E-state index contributed by atoms with van der Waals surface area (Å²) in [5, 5.41) is 0. The largest absolute Gasteiger partial charge is 0.303 e. The molecule has 3 rings (SSSR count). The number of likely N-dealkylation sites (tertiary alicyclic amines) is 1. The van der Waals surface area contributed by atoms with E-state index in [1.165, 1.54) is 12.8 Å². The SMILES string of the molecule is CN1CCC[C@H]1CCn1cnc2cccnc2c1=O. The molecule has 1 atom stereocenters. The summed E-state index contributed by atoms with van der Waals surface area (Å²) in [5.74, 6) is 0. The quantitative estimate of drug-likeness (QED) is 0.832. The van der Waals surface area contributed by atoms with Gasteiger partial charge in [0.1, 0.15) is 0 Å². The predicted octanol–water partition coefficient (Wildman–Crippen LogP) is 1.28. The highest BCUT2D eigenvalue weighted by molar-refractivity contribution is 5.71. The summed E-state index contributed by atoms with van der Waals surface area (Å²) in [6.07, 6.45) is 6.76. The fourth-order valence-corrected chi connectivity index (χ4v) is 2.78. The van der Waals surface area contributed by atoms with Crippen LogP contribution in [0.1, 0.15) is 19.3 Å². The van der Waals surface area contributed by atoms with Crippen molar-refractivity contribution in [2.45, 2.75) is 31.8 Å². The molecular formula is C14H18N4O. The van der Waals surface area contributed by atoms with E-state index in [0.717, 1.165) is 13.0 Å². The molecule has 0 aromatic carbocycles. The van der Waals surface area contributed by atoms with Crippen molar-refractivity contribution >= 4 is 11.0 Å². The fourth-order valence-electron chi connectivity index (χ4n) is 2.78. The summed E-state index contributed by atoms with van der Waals surface area (Å²) in [6.45, 7) is 1.88. The van der Waals surface area contributed by atoms with E-state index >= 15 is 0 Å². The van der Waals surface area contributed by atoms with E-state index in [2.05, 4.69) is 21.9 Å². The molecule has 0 bridgehead atoms. The molecule has 19 heavy (non-hydrogen) atoms. The zero-order valence-electron chi connectivity index (χ0n) is 11.1. The number of fused-ring (bicyclic) bond motifs is 1. The highest BCUT2D eigenvalue weighted by Gasteiger charge is 2.20. The molecule has 1 fully saturated rings. The highest BCUT2D eigenvalue weighted by atomic mass is 16.1. The van der Waals surface area contributed by atoms with Crippen molar-refractivity contribution in [1.82, 2.24) is 19.4 Å². The second-order valence-corrected chi connectivity index (χ2v) is 5.18. The third-order valence-corrected chi connectivity index (χ3v) is 3.96. The smallest absolute Gasteiger partial charge is 0.279 e. The molecule has 100 valence electrons. The molecule has 1 aliphatic heterocycles. The third kappa shape index (κ3) is 2.38. The maximum Gasteiger partial charge on any atom is 0.279 e. The van der Waals surface area contributed by atoms with Gasteiger partial charge < -0.3 is 4.90 Å². The first kappa shape index (κ1) is 12.3. The van der Waals surface area contributed by atoms with Gasteiger partial charge in [-0.2, -0.15) is 0 Å². The lowest BCUT2D eigenvalue weighted by Crippen LogP contribution is -2.29. The Morgan fingerprint density at radius 1 is 1.42 bits per heavy atom. The molecule has 0 unspecified atom stereocenters. The van der Waals surface area contributed by atoms with Crippen molar-refractivity contribution in [3.05, 3.63) is 35.0 Å². The van der Waals surface area contributed by atoms with Crippen molar-refractivity contribution in [2.75, 3.05) is 13.6 Å². The number of hydrogen-bond donors (Lipinski definition) is 0. The van der Waals surface area contributed by atoms with E-state index in [9.17, 15) is 4.79 Å². The second kappa shape index (κ2) is 5.09. The minimum absolute atomic E-state index is 0.0359. The molecule has 1 aliphatic rings. The van der Waals surface area contributed by atoms with Crippen LogP contribution in [-0.4, -0.2) is 39.1 Å². The third-order valence-electron chi connectivity index (χ3n) is 3.96. The average Bonchev–Trinajstić information content (AvgIpc) is 2.84. The molecule has 0 radical (unpaired) electrons. The number of nitrogens with zero attached hydrogens (tertiary/aromatic N) is 4. The zero-order valence-corrected chi connectivity index (χ0v) is 11.1. The Labute approximate surface area is 111 Å². The van der Waals surface area contributed by atoms with Gasteiger partial charge in [0.2, 0.25) is 0 Å². The number of aryl methyl sites for hydroxylation is 1. The van der Waals surface area contributed by atoms with Gasteiger partial charge in [-0.15, -0.1) is 0 Å². The minimum Gasteiger partial charge on any atom is -0.303 e. The molecule has 0 spiro atoms. The summed E-state index contributed by atoms with van der Waals surface area (Å²) in [6, 6.07) is 4.21. The Balaban J connectivity index is 1.81. The van der Waals surface area contributed by atoms with Gasteiger partial charge in [-0.25, -0.2) is 9.97 Å². The van der Waals surface area contributed by atoms with E-state index < -0.39 is 0 Å². The summed E-state index contributed by atoms with van der Waals surface area (Å²) in [5.41, 5.74) is 1.10. The maximum absolute atomic E-state index is 12.3. The van der Waals surface area contributed by atoms with Crippen LogP contribution >= 0.6 is 0 Å². The average molecular weight is 258 g/mol. The fraction of sp³-hybridized carbons (Fsp3) is 0.500. The molecule has 2 aromatic rings. The molecule has 5 heteroatoms. The number of rotatable bonds is 3. The summed E-state index contributed by atoms with van der Waals surface area (Å²) >= 11 is 0. The van der Waals surface area contributed by atoms with Crippen LogP contribution in [0, 0.1) is 0 Å². The Morgan fingerprint density at radius 2 is 2.32 bits per heavy atom. The van der Waals surface area contributed by atoms with Crippen molar-refractivity contribution < 1.29 is 0 Å². The lowest BCUT2D eigenvalue weighted by molar-refractivity contribution is 0.285. The van der Waals surface area contributed by atoms with Crippen LogP contribution in [0.2, 0.25) is 0 Å². The van der Waals surface area contributed by atoms with Crippen LogP contribution in [0.5, 0.6) is 0 Å². The van der Waals surface area contributed by atoms with Crippen molar-refractivity contribution in [1.29, 1.82) is 0 Å². The molecular weight excluding hydrogens is 240 g/mol. The van der Waals surface area contributed by atoms with Crippen LogP contribution in [0.4, 0.5) is 0 Å². The van der Waals surface area contributed by atoms with Gasteiger partial charge in [0.15, 0.2) is 5.52 Å². The first-order valence-electron chi connectivity index (χ1n) is 6.76.